The summed E-state index contributed by atoms with van der Waals surface area (Å²) in [6.45, 7) is 11.8. The summed E-state index contributed by atoms with van der Waals surface area (Å²) >= 11 is -2.39. The van der Waals surface area contributed by atoms with Crippen LogP contribution in [-0.2, 0) is 41.4 Å². The molecule has 0 fully saturated rings. The molecule has 62 heavy (non-hydrogen) atoms. The molecule has 0 aromatic heterocycles. The third-order valence-corrected chi connectivity index (χ3v) is 11.8. The second-order valence-corrected chi connectivity index (χ2v) is 17.6. The predicted octanol–water partition coefficient (Wildman–Crippen LogP) is 5.81. The van der Waals surface area contributed by atoms with Crippen molar-refractivity contribution in [2.75, 3.05) is 66.2 Å². The number of para-hydroxylation sites is 2. The minimum absolute atomic E-state index is 0.0602. The monoisotopic (exact) mass is 896 g/mol. The Morgan fingerprint density at radius 2 is 0.887 bits per heavy atom. The summed E-state index contributed by atoms with van der Waals surface area (Å²) in [5.74, 6) is 0.724. The molecule has 0 heterocycles. The Balaban J connectivity index is 1.41. The van der Waals surface area contributed by atoms with Gasteiger partial charge in [0.25, 0.3) is 0 Å². The van der Waals surface area contributed by atoms with Crippen LogP contribution in [0.1, 0.15) is 36.1 Å². The molecule has 6 unspecified atom stereocenters. The van der Waals surface area contributed by atoms with Gasteiger partial charge in [0.15, 0.2) is 32.8 Å². The number of ether oxygens (including phenoxy) is 8. The molecule has 0 aliphatic carbocycles. The van der Waals surface area contributed by atoms with Crippen molar-refractivity contribution in [1.82, 2.24) is 10.6 Å². The number of rotatable bonds is 24. The molecule has 0 radical (unpaired) electrons. The van der Waals surface area contributed by atoms with Gasteiger partial charge in [0.1, 0.15) is 62.6 Å². The molecule has 16 heteroatoms. The molecule has 0 bridgehead atoms. The van der Waals surface area contributed by atoms with Gasteiger partial charge >= 0.3 is 11.9 Å². The molecule has 0 aliphatic rings. The topological polar surface area (TPSA) is 178 Å². The van der Waals surface area contributed by atoms with Crippen LogP contribution in [-0.4, -0.2) is 112 Å². The minimum atomic E-state index is -1.20. The molecule has 0 saturated carbocycles. The zero-order valence-electron chi connectivity index (χ0n) is 37.2. The van der Waals surface area contributed by atoms with Crippen molar-refractivity contribution in [1.29, 1.82) is 0 Å². The molecule has 338 valence electrons. The summed E-state index contributed by atoms with van der Waals surface area (Å²) in [5, 5.41) is 6.60. The van der Waals surface area contributed by atoms with Crippen LogP contribution in [0.5, 0.6) is 34.5 Å². The molecule has 4 aromatic carbocycles. The second-order valence-electron chi connectivity index (χ2n) is 14.9. The van der Waals surface area contributed by atoms with E-state index in [0.717, 1.165) is 22.3 Å². The number of methoxy groups -OCH3 is 2. The highest BCUT2D eigenvalue weighted by Crippen LogP contribution is 2.34. The summed E-state index contributed by atoms with van der Waals surface area (Å²) < 4.78 is 71.0. The van der Waals surface area contributed by atoms with Gasteiger partial charge in [-0.25, -0.2) is 9.59 Å². The van der Waals surface area contributed by atoms with Crippen molar-refractivity contribution in [3.05, 3.63) is 95.1 Å². The van der Waals surface area contributed by atoms with Gasteiger partial charge in [-0.1, -0.05) is 36.4 Å². The molecular formula is C46H60N2O12S2. The first kappa shape index (κ1) is 49.8. The Labute approximate surface area is 371 Å². The fraction of sp³-hybridized carbons (Fsp3) is 0.435. The third-order valence-electron chi connectivity index (χ3n) is 9.66. The van der Waals surface area contributed by atoms with Crippen molar-refractivity contribution in [3.8, 4) is 34.5 Å². The standard InChI is InChI=1S/C46H60N2O12S2/c1-29-15-11-13-17-37(29)57-27-35(23-47-33(5)25-55-41-19-31(3)43(61(9)51)21-39(41)53-7)59-45(49)46(50)60-36(28-58-38-18-14-12-16-30(38)2)24-48-34(6)26-56-42-20-32(4)44(62(10)52)22-40(42)54-8/h11-22,33-36,47-48H,23-28H2,1-10H3. The number of carbonyl (C=O) groups is 2. The molecule has 2 N–H and O–H groups in total. The largest absolute Gasteiger partial charge is 0.612 e. The molecule has 0 aliphatic heterocycles. The van der Waals surface area contributed by atoms with Crippen LogP contribution < -0.4 is 39.1 Å². The van der Waals surface area contributed by atoms with Gasteiger partial charge in [0, 0.05) is 48.4 Å². The van der Waals surface area contributed by atoms with Gasteiger partial charge in [-0.3, -0.25) is 0 Å². The predicted molar refractivity (Wildman–Crippen MR) is 239 cm³/mol. The lowest BCUT2D eigenvalue weighted by atomic mass is 10.2. The van der Waals surface area contributed by atoms with Crippen molar-refractivity contribution in [2.45, 2.75) is 75.6 Å². The van der Waals surface area contributed by atoms with Crippen LogP contribution in [0.15, 0.2) is 82.6 Å². The first-order valence-corrected chi connectivity index (χ1v) is 23.3. The Hall–Kier alpha value is -4.84. The smallest absolute Gasteiger partial charge is 0.417 e. The fourth-order valence-electron chi connectivity index (χ4n) is 6.13. The normalized spacial score (nSPS) is 14.1. The van der Waals surface area contributed by atoms with Gasteiger partial charge in [0.05, 0.1) is 14.2 Å². The van der Waals surface area contributed by atoms with E-state index in [4.69, 9.17) is 37.9 Å². The fourth-order valence-corrected chi connectivity index (χ4v) is 7.70. The second kappa shape index (κ2) is 24.7. The van der Waals surface area contributed by atoms with Crippen molar-refractivity contribution >= 4 is 34.3 Å². The highest BCUT2D eigenvalue weighted by molar-refractivity contribution is 7.91. The van der Waals surface area contributed by atoms with E-state index in [1.165, 1.54) is 14.2 Å². The highest BCUT2D eigenvalue weighted by atomic mass is 32.2. The average Bonchev–Trinajstić information content (AvgIpc) is 3.24. The van der Waals surface area contributed by atoms with E-state index in [2.05, 4.69) is 10.6 Å². The lowest BCUT2D eigenvalue weighted by molar-refractivity contribution is -0.175. The molecule has 4 rings (SSSR count). The molecule has 6 atom stereocenters. The number of benzene rings is 4. The maximum atomic E-state index is 13.4. The number of nitrogens with one attached hydrogen (secondary N) is 2. The number of carbonyl (C=O) groups excluding carboxylic acids is 2. The number of esters is 2. The number of aryl methyl sites for hydroxylation is 4. The van der Waals surface area contributed by atoms with E-state index in [1.54, 1.807) is 36.8 Å². The Morgan fingerprint density at radius 1 is 0.532 bits per heavy atom. The first-order valence-electron chi connectivity index (χ1n) is 20.1. The van der Waals surface area contributed by atoms with Crippen molar-refractivity contribution in [3.63, 3.8) is 0 Å². The van der Waals surface area contributed by atoms with E-state index in [0.29, 0.717) is 44.3 Å². The lowest BCUT2D eigenvalue weighted by Gasteiger charge is -2.24. The Morgan fingerprint density at radius 3 is 1.23 bits per heavy atom. The van der Waals surface area contributed by atoms with Crippen LogP contribution in [0, 0.1) is 27.7 Å². The molecular weight excluding hydrogens is 837 g/mol. The summed E-state index contributed by atoms with van der Waals surface area (Å²) in [4.78, 5) is 28.2. The van der Waals surface area contributed by atoms with Gasteiger partial charge in [-0.05, 0) is 99.3 Å². The van der Waals surface area contributed by atoms with E-state index < -0.39 is 46.5 Å². The molecule has 4 aromatic rings. The molecule has 14 nitrogen and oxygen atoms in total. The third kappa shape index (κ3) is 15.2. The van der Waals surface area contributed by atoms with Crippen LogP contribution in [0.3, 0.4) is 0 Å². The minimum Gasteiger partial charge on any atom is -0.612 e. The van der Waals surface area contributed by atoms with Gasteiger partial charge < -0.3 is 57.6 Å². The zero-order valence-corrected chi connectivity index (χ0v) is 38.8. The average molecular weight is 897 g/mol. The molecule has 0 saturated heterocycles. The van der Waals surface area contributed by atoms with Crippen LogP contribution in [0.25, 0.3) is 0 Å². The Bertz CT molecular complexity index is 1920. The number of hydrogen-bond acceptors (Lipinski definition) is 14. The van der Waals surface area contributed by atoms with E-state index in [9.17, 15) is 18.7 Å². The zero-order chi connectivity index (χ0) is 45.3. The quantitative estimate of drug-likeness (QED) is 0.0490. The van der Waals surface area contributed by atoms with E-state index in [1.807, 2.05) is 90.1 Å². The lowest BCUT2D eigenvalue weighted by Crippen LogP contribution is -2.44. The highest BCUT2D eigenvalue weighted by Gasteiger charge is 2.28. The maximum Gasteiger partial charge on any atom is 0.417 e. The summed E-state index contributed by atoms with van der Waals surface area (Å²) in [7, 11) is 3.04. The SMILES string of the molecule is COc1cc([S+](C)[O-])c(C)cc1OCC(C)NCC(COc1ccccc1C)OC(=O)C(=O)OC(CNC(C)COc1cc(C)c([S+](C)[O-])cc1OC)COc1ccccc1C. The van der Waals surface area contributed by atoms with Crippen LogP contribution in [0.2, 0.25) is 0 Å². The van der Waals surface area contributed by atoms with Crippen LogP contribution >= 0.6 is 0 Å². The summed E-state index contributed by atoms with van der Waals surface area (Å²) in [5.41, 5.74) is 3.39. The van der Waals surface area contributed by atoms with Crippen LogP contribution in [0.4, 0.5) is 0 Å². The van der Waals surface area contributed by atoms with Gasteiger partial charge in [0.2, 0.25) is 0 Å². The summed E-state index contributed by atoms with van der Waals surface area (Å²) in [6.07, 6.45) is 1.40. The summed E-state index contributed by atoms with van der Waals surface area (Å²) in [6, 6.07) is 21.4. The molecule has 0 amide bonds. The van der Waals surface area contributed by atoms with Crippen molar-refractivity contribution in [2.24, 2.45) is 0 Å². The van der Waals surface area contributed by atoms with Crippen molar-refractivity contribution < 1.29 is 56.6 Å². The van der Waals surface area contributed by atoms with Gasteiger partial charge in [-0.15, -0.1) is 0 Å². The molecule has 0 spiro atoms. The van der Waals surface area contributed by atoms with E-state index >= 15 is 0 Å². The Kier molecular flexibility index (Phi) is 19.9. The maximum absolute atomic E-state index is 13.4. The number of hydrogen-bond donors (Lipinski definition) is 2. The first-order chi connectivity index (χ1) is 29.6. The van der Waals surface area contributed by atoms with Gasteiger partial charge in [-0.2, -0.15) is 0 Å². The van der Waals surface area contributed by atoms with E-state index in [-0.39, 0.29) is 51.6 Å².